The van der Waals surface area contributed by atoms with Crippen LogP contribution in [0.25, 0.3) is 5.69 Å². The van der Waals surface area contributed by atoms with Crippen molar-refractivity contribution in [1.82, 2.24) is 14.8 Å². The van der Waals surface area contributed by atoms with Gasteiger partial charge in [0.15, 0.2) is 11.0 Å². The summed E-state index contributed by atoms with van der Waals surface area (Å²) in [5.74, 6) is 0.771. The summed E-state index contributed by atoms with van der Waals surface area (Å²) < 4.78 is 7.72. The molecule has 3 aromatic carbocycles. The lowest BCUT2D eigenvalue weighted by atomic mass is 10.2. The van der Waals surface area contributed by atoms with Crippen LogP contribution in [0.2, 0.25) is 5.02 Å². The Hall–Kier alpha value is -3.89. The van der Waals surface area contributed by atoms with Gasteiger partial charge in [0.2, 0.25) is 5.91 Å². The number of aromatic nitrogens is 3. The third-order valence-electron chi connectivity index (χ3n) is 4.92. The average molecular weight is 510 g/mol. The minimum absolute atomic E-state index is 0.0196. The van der Waals surface area contributed by atoms with Crippen LogP contribution < -0.4 is 10.1 Å². The Balaban J connectivity index is 1.50. The number of nitro benzene ring substituents is 1. The fourth-order valence-electron chi connectivity index (χ4n) is 3.23. The van der Waals surface area contributed by atoms with E-state index < -0.39 is 10.8 Å². The summed E-state index contributed by atoms with van der Waals surface area (Å²) in [6.07, 6.45) is 0. The van der Waals surface area contributed by atoms with Crippen molar-refractivity contribution in [1.29, 1.82) is 0 Å². The second kappa shape index (κ2) is 11.0. The molecule has 0 spiro atoms. The molecule has 35 heavy (non-hydrogen) atoms. The minimum Gasteiger partial charge on any atom is -0.486 e. The average Bonchev–Trinajstić information content (AvgIpc) is 3.27. The zero-order valence-electron chi connectivity index (χ0n) is 18.6. The quantitative estimate of drug-likeness (QED) is 0.181. The lowest BCUT2D eigenvalue weighted by Crippen LogP contribution is -2.15. The lowest BCUT2D eigenvalue weighted by Gasteiger charge is -2.12. The number of halogens is 1. The zero-order valence-corrected chi connectivity index (χ0v) is 20.1. The highest BCUT2D eigenvalue weighted by atomic mass is 35.5. The fourth-order valence-corrected chi connectivity index (χ4v) is 4.12. The van der Waals surface area contributed by atoms with Gasteiger partial charge in [-0.3, -0.25) is 19.5 Å². The van der Waals surface area contributed by atoms with Gasteiger partial charge in [-0.15, -0.1) is 10.2 Å². The highest BCUT2D eigenvalue weighted by Gasteiger charge is 2.18. The predicted octanol–water partition coefficient (Wildman–Crippen LogP) is 5.45. The van der Waals surface area contributed by atoms with E-state index in [1.165, 1.54) is 12.1 Å². The number of thioether (sulfide) groups is 1. The summed E-state index contributed by atoms with van der Waals surface area (Å²) in [6.45, 7) is 2.04. The van der Waals surface area contributed by atoms with Crippen molar-refractivity contribution in [2.45, 2.75) is 18.7 Å². The van der Waals surface area contributed by atoms with Crippen LogP contribution in [0.1, 0.15) is 11.4 Å². The molecule has 0 aliphatic heterocycles. The van der Waals surface area contributed by atoms with Crippen molar-refractivity contribution in [2.24, 2.45) is 0 Å². The Morgan fingerprint density at radius 2 is 1.86 bits per heavy atom. The van der Waals surface area contributed by atoms with Crippen LogP contribution >= 0.6 is 23.4 Å². The van der Waals surface area contributed by atoms with E-state index in [4.69, 9.17) is 16.3 Å². The number of nitrogens with one attached hydrogen (secondary N) is 1. The summed E-state index contributed by atoms with van der Waals surface area (Å²) in [4.78, 5) is 23.2. The fraction of sp³-hybridized carbons (Fsp3) is 0.125. The smallest absolute Gasteiger partial charge is 0.292 e. The molecule has 0 radical (unpaired) electrons. The molecule has 0 aliphatic rings. The van der Waals surface area contributed by atoms with E-state index in [1.54, 1.807) is 24.3 Å². The highest BCUT2D eigenvalue weighted by molar-refractivity contribution is 7.99. The van der Waals surface area contributed by atoms with Crippen molar-refractivity contribution in [2.75, 3.05) is 11.1 Å². The Labute approximate surface area is 210 Å². The molecule has 11 heteroatoms. The topological polar surface area (TPSA) is 112 Å². The normalized spacial score (nSPS) is 10.7. The SMILES string of the molecule is Cc1cc(OCc2nnc(SCC(=O)Nc3ccccc3[N+](=O)[O-])n2-c2ccccc2)ccc1Cl. The molecular weight excluding hydrogens is 490 g/mol. The van der Waals surface area contributed by atoms with Gasteiger partial charge >= 0.3 is 0 Å². The molecule has 178 valence electrons. The summed E-state index contributed by atoms with van der Waals surface area (Å²) in [7, 11) is 0. The first kappa shape index (κ1) is 24.2. The summed E-state index contributed by atoms with van der Waals surface area (Å²) >= 11 is 7.26. The summed E-state index contributed by atoms with van der Waals surface area (Å²) in [5, 5.41) is 23.4. The van der Waals surface area contributed by atoms with Gasteiger partial charge in [0.1, 0.15) is 18.0 Å². The predicted molar refractivity (Wildman–Crippen MR) is 134 cm³/mol. The number of nitrogens with zero attached hydrogens (tertiary/aromatic N) is 4. The van der Waals surface area contributed by atoms with Gasteiger partial charge < -0.3 is 10.1 Å². The van der Waals surface area contributed by atoms with Crippen LogP contribution in [-0.2, 0) is 11.4 Å². The Morgan fingerprint density at radius 3 is 2.60 bits per heavy atom. The van der Waals surface area contributed by atoms with Crippen molar-refractivity contribution in [3.8, 4) is 11.4 Å². The van der Waals surface area contributed by atoms with Crippen molar-refractivity contribution < 1.29 is 14.5 Å². The van der Waals surface area contributed by atoms with E-state index in [2.05, 4.69) is 15.5 Å². The molecule has 0 aliphatic carbocycles. The first-order valence-electron chi connectivity index (χ1n) is 10.5. The van der Waals surface area contributed by atoms with E-state index in [0.717, 1.165) is 23.0 Å². The number of aryl methyl sites for hydroxylation is 1. The molecule has 1 heterocycles. The summed E-state index contributed by atoms with van der Waals surface area (Å²) in [6, 6.07) is 20.8. The molecule has 0 atom stereocenters. The Morgan fingerprint density at radius 1 is 1.11 bits per heavy atom. The Kier molecular flexibility index (Phi) is 7.64. The second-order valence-electron chi connectivity index (χ2n) is 7.38. The maximum Gasteiger partial charge on any atom is 0.292 e. The van der Waals surface area contributed by atoms with Gasteiger partial charge in [-0.2, -0.15) is 0 Å². The number of para-hydroxylation sites is 3. The molecule has 4 aromatic rings. The molecule has 1 N–H and O–H groups in total. The number of carbonyl (C=O) groups excluding carboxylic acids is 1. The molecule has 0 fully saturated rings. The number of hydrogen-bond acceptors (Lipinski definition) is 7. The molecule has 9 nitrogen and oxygen atoms in total. The van der Waals surface area contributed by atoms with Gasteiger partial charge in [-0.05, 0) is 48.9 Å². The van der Waals surface area contributed by atoms with E-state index in [-0.39, 0.29) is 23.7 Å². The molecule has 4 rings (SSSR count). The van der Waals surface area contributed by atoms with Gasteiger partial charge in [0.25, 0.3) is 5.69 Å². The molecule has 0 saturated carbocycles. The Bertz CT molecular complexity index is 1360. The monoisotopic (exact) mass is 509 g/mol. The third-order valence-corrected chi connectivity index (χ3v) is 6.27. The van der Waals surface area contributed by atoms with Crippen LogP contribution in [0.4, 0.5) is 11.4 Å². The number of rotatable bonds is 9. The first-order chi connectivity index (χ1) is 16.9. The van der Waals surface area contributed by atoms with E-state index in [9.17, 15) is 14.9 Å². The molecular formula is C24H20ClN5O4S. The first-order valence-corrected chi connectivity index (χ1v) is 11.8. The lowest BCUT2D eigenvalue weighted by molar-refractivity contribution is -0.383. The number of carbonyl (C=O) groups is 1. The van der Waals surface area contributed by atoms with E-state index in [0.29, 0.717) is 21.8 Å². The van der Waals surface area contributed by atoms with Crippen molar-refractivity contribution >= 4 is 40.6 Å². The number of ether oxygens (including phenoxy) is 1. The maximum atomic E-state index is 12.5. The molecule has 0 bridgehead atoms. The van der Waals surface area contributed by atoms with E-state index >= 15 is 0 Å². The summed E-state index contributed by atoms with van der Waals surface area (Å²) in [5.41, 5.74) is 1.68. The standard InChI is InChI=1S/C24H20ClN5O4S/c1-16-13-18(11-12-19(16)25)34-14-22-27-28-24(29(22)17-7-3-2-4-8-17)35-15-23(31)26-20-9-5-6-10-21(20)30(32)33/h2-13H,14-15H2,1H3,(H,26,31). The van der Waals surface area contributed by atoms with Gasteiger partial charge in [-0.25, -0.2) is 0 Å². The molecule has 0 saturated heterocycles. The molecule has 1 amide bonds. The second-order valence-corrected chi connectivity index (χ2v) is 8.73. The van der Waals surface area contributed by atoms with Crippen LogP contribution in [-0.4, -0.2) is 31.3 Å². The van der Waals surface area contributed by atoms with Crippen LogP contribution in [0.3, 0.4) is 0 Å². The van der Waals surface area contributed by atoms with Crippen LogP contribution in [0, 0.1) is 17.0 Å². The number of amides is 1. The number of anilines is 1. The maximum absolute atomic E-state index is 12.5. The van der Waals surface area contributed by atoms with Crippen LogP contribution in [0.5, 0.6) is 5.75 Å². The minimum atomic E-state index is -0.538. The molecule has 0 unspecified atom stereocenters. The number of benzene rings is 3. The van der Waals surface area contributed by atoms with Crippen molar-refractivity contribution in [3.63, 3.8) is 0 Å². The number of nitro groups is 1. The molecule has 1 aromatic heterocycles. The van der Waals surface area contributed by atoms with Crippen molar-refractivity contribution in [3.05, 3.63) is 99.3 Å². The third kappa shape index (κ3) is 5.97. The zero-order chi connectivity index (χ0) is 24.8. The van der Waals surface area contributed by atoms with Gasteiger partial charge in [0, 0.05) is 16.8 Å². The van der Waals surface area contributed by atoms with E-state index in [1.807, 2.05) is 47.9 Å². The van der Waals surface area contributed by atoms with Crippen LogP contribution in [0.15, 0.2) is 78.0 Å². The largest absolute Gasteiger partial charge is 0.486 e. The highest BCUT2D eigenvalue weighted by Crippen LogP contribution is 2.26. The number of hydrogen-bond donors (Lipinski definition) is 1. The van der Waals surface area contributed by atoms with Gasteiger partial charge in [0.05, 0.1) is 10.7 Å². The van der Waals surface area contributed by atoms with Gasteiger partial charge in [-0.1, -0.05) is 53.7 Å².